The third-order valence-corrected chi connectivity index (χ3v) is 1.84. The van der Waals surface area contributed by atoms with Gasteiger partial charge in [-0.2, -0.15) is 4.59 Å². The Morgan fingerprint density at radius 2 is 1.80 bits per heavy atom. The standard InChI is InChI=1S/C7H12N2O/c1-5-6(2)8-9(3,4)7(5)10/h1-4H3/p+1. The monoisotopic (exact) mass is 141 g/mol. The van der Waals surface area contributed by atoms with Crippen molar-refractivity contribution < 1.29 is 9.39 Å². The van der Waals surface area contributed by atoms with E-state index >= 15 is 0 Å². The molecule has 0 bridgehead atoms. The molecule has 0 atom stereocenters. The lowest BCUT2D eigenvalue weighted by molar-refractivity contribution is -0.848. The van der Waals surface area contributed by atoms with Crippen LogP contribution < -0.4 is 5.43 Å². The molecule has 1 rings (SSSR count). The Labute approximate surface area is 60.9 Å². The maximum atomic E-state index is 11.3. The number of likely N-dealkylation sites (N-methyl/N-ethyl adjacent to an activating group) is 1. The van der Waals surface area contributed by atoms with Crippen LogP contribution in [0.2, 0.25) is 0 Å². The van der Waals surface area contributed by atoms with Crippen molar-refractivity contribution in [3.05, 3.63) is 11.3 Å². The summed E-state index contributed by atoms with van der Waals surface area (Å²) in [5, 5.41) is 0. The van der Waals surface area contributed by atoms with E-state index in [2.05, 4.69) is 5.43 Å². The van der Waals surface area contributed by atoms with Crippen LogP contribution in [0.4, 0.5) is 0 Å². The maximum absolute atomic E-state index is 11.3. The lowest BCUT2D eigenvalue weighted by atomic mass is 10.2. The van der Waals surface area contributed by atoms with Crippen LogP contribution in [-0.4, -0.2) is 24.6 Å². The molecule has 1 aliphatic heterocycles. The molecule has 0 fully saturated rings. The largest absolute Gasteiger partial charge is 0.367 e. The molecule has 0 aromatic rings. The average Bonchev–Trinajstić information content (AvgIpc) is 1.95. The Hall–Kier alpha value is -0.830. The van der Waals surface area contributed by atoms with Crippen LogP contribution in [-0.2, 0) is 4.79 Å². The van der Waals surface area contributed by atoms with Gasteiger partial charge in [0.05, 0.1) is 25.4 Å². The zero-order valence-corrected chi connectivity index (χ0v) is 6.86. The number of allylic oxidation sites excluding steroid dienone is 1. The molecule has 3 nitrogen and oxygen atoms in total. The van der Waals surface area contributed by atoms with Crippen LogP contribution in [0.1, 0.15) is 13.8 Å². The second kappa shape index (κ2) is 1.83. The third kappa shape index (κ3) is 0.827. The number of hydrogen-bond acceptors (Lipinski definition) is 2. The number of nitrogens with zero attached hydrogens (tertiary/aromatic N) is 1. The molecule has 3 heteroatoms. The number of carbonyl (C=O) groups excluding carboxylic acids is 1. The van der Waals surface area contributed by atoms with Crippen molar-refractivity contribution in [1.29, 1.82) is 0 Å². The highest BCUT2D eigenvalue weighted by molar-refractivity contribution is 5.89. The molecule has 0 aliphatic carbocycles. The second-order valence-corrected chi connectivity index (χ2v) is 3.12. The molecule has 56 valence electrons. The van der Waals surface area contributed by atoms with E-state index in [4.69, 9.17) is 0 Å². The van der Waals surface area contributed by atoms with Gasteiger partial charge in [0.15, 0.2) is 0 Å². The Balaban J connectivity index is 2.99. The van der Waals surface area contributed by atoms with Crippen molar-refractivity contribution in [1.82, 2.24) is 5.43 Å². The first-order chi connectivity index (χ1) is 4.45. The zero-order valence-electron chi connectivity index (χ0n) is 6.86. The van der Waals surface area contributed by atoms with Gasteiger partial charge >= 0.3 is 5.91 Å². The third-order valence-electron chi connectivity index (χ3n) is 1.84. The van der Waals surface area contributed by atoms with Crippen molar-refractivity contribution >= 4 is 5.91 Å². The minimum atomic E-state index is 0.150. The van der Waals surface area contributed by atoms with Crippen molar-refractivity contribution in [3.8, 4) is 0 Å². The Morgan fingerprint density at radius 3 is 1.90 bits per heavy atom. The SMILES string of the molecule is CC1=C(C)C(=O)[N+](C)(C)N1. The smallest absolute Gasteiger partial charge is 0.233 e. The number of hydrogen-bond donors (Lipinski definition) is 1. The molecular weight excluding hydrogens is 128 g/mol. The summed E-state index contributed by atoms with van der Waals surface area (Å²) in [5.74, 6) is 0.150. The summed E-state index contributed by atoms with van der Waals surface area (Å²) in [6.45, 7) is 3.76. The molecule has 0 spiro atoms. The predicted molar refractivity (Wildman–Crippen MR) is 38.6 cm³/mol. The first kappa shape index (κ1) is 7.28. The summed E-state index contributed by atoms with van der Waals surface area (Å²) < 4.78 is 0.248. The van der Waals surface area contributed by atoms with Crippen molar-refractivity contribution in [3.63, 3.8) is 0 Å². The van der Waals surface area contributed by atoms with Crippen molar-refractivity contribution in [2.24, 2.45) is 0 Å². The highest BCUT2D eigenvalue weighted by atomic mass is 16.2. The second-order valence-electron chi connectivity index (χ2n) is 3.12. The molecule has 0 aromatic heterocycles. The molecule has 1 aliphatic rings. The van der Waals surface area contributed by atoms with Crippen LogP contribution in [0, 0.1) is 0 Å². The van der Waals surface area contributed by atoms with E-state index in [9.17, 15) is 4.79 Å². The van der Waals surface area contributed by atoms with Gasteiger partial charge in [-0.05, 0) is 13.8 Å². The minimum absolute atomic E-state index is 0.150. The van der Waals surface area contributed by atoms with Gasteiger partial charge in [0.25, 0.3) is 0 Å². The number of rotatable bonds is 0. The summed E-state index contributed by atoms with van der Waals surface area (Å²) in [4.78, 5) is 11.3. The summed E-state index contributed by atoms with van der Waals surface area (Å²) in [6.07, 6.45) is 0. The van der Waals surface area contributed by atoms with E-state index in [0.29, 0.717) is 0 Å². The molecule has 0 saturated heterocycles. The van der Waals surface area contributed by atoms with Crippen LogP contribution >= 0.6 is 0 Å². The first-order valence-electron chi connectivity index (χ1n) is 3.30. The van der Waals surface area contributed by atoms with E-state index in [1.807, 2.05) is 27.9 Å². The van der Waals surface area contributed by atoms with E-state index < -0.39 is 0 Å². The van der Waals surface area contributed by atoms with E-state index in [1.165, 1.54) is 0 Å². The van der Waals surface area contributed by atoms with Crippen LogP contribution in [0.5, 0.6) is 0 Å². The van der Waals surface area contributed by atoms with Crippen molar-refractivity contribution in [2.45, 2.75) is 13.8 Å². The lowest BCUT2D eigenvalue weighted by Crippen LogP contribution is -2.50. The van der Waals surface area contributed by atoms with Gasteiger partial charge in [-0.15, -0.1) is 0 Å². The van der Waals surface area contributed by atoms with Gasteiger partial charge in [-0.3, -0.25) is 0 Å². The molecule has 0 unspecified atom stereocenters. The summed E-state index contributed by atoms with van der Waals surface area (Å²) in [6, 6.07) is 0. The molecule has 1 amide bonds. The van der Waals surface area contributed by atoms with Gasteiger partial charge in [-0.1, -0.05) is 0 Å². The van der Waals surface area contributed by atoms with Gasteiger partial charge in [-0.25, -0.2) is 10.2 Å². The fourth-order valence-corrected chi connectivity index (χ4v) is 1.13. The topological polar surface area (TPSA) is 29.1 Å². The summed E-state index contributed by atoms with van der Waals surface area (Å²) in [5.41, 5.74) is 4.88. The molecule has 1 N–H and O–H groups in total. The number of quaternary nitrogens is 1. The van der Waals surface area contributed by atoms with Crippen LogP contribution in [0.3, 0.4) is 0 Å². The van der Waals surface area contributed by atoms with Gasteiger partial charge < -0.3 is 0 Å². The molecular formula is C7H13N2O+. The van der Waals surface area contributed by atoms with Crippen LogP contribution in [0.15, 0.2) is 11.3 Å². The molecule has 1 heterocycles. The Kier molecular flexibility index (Phi) is 1.33. The number of nitrogens with one attached hydrogen (secondary N) is 1. The van der Waals surface area contributed by atoms with Gasteiger partial charge in [0.2, 0.25) is 0 Å². The summed E-state index contributed by atoms with van der Waals surface area (Å²) >= 11 is 0. The molecule has 0 aromatic carbocycles. The van der Waals surface area contributed by atoms with Crippen LogP contribution in [0.25, 0.3) is 0 Å². The van der Waals surface area contributed by atoms with E-state index in [0.717, 1.165) is 11.3 Å². The predicted octanol–water partition coefficient (Wildman–Crippen LogP) is 0.402. The first-order valence-corrected chi connectivity index (χ1v) is 3.30. The van der Waals surface area contributed by atoms with Crippen molar-refractivity contribution in [2.75, 3.05) is 14.1 Å². The highest BCUT2D eigenvalue weighted by Gasteiger charge is 2.36. The molecule has 0 radical (unpaired) electrons. The fraction of sp³-hybridized carbons (Fsp3) is 0.571. The lowest BCUT2D eigenvalue weighted by Gasteiger charge is -2.20. The molecule has 0 saturated carbocycles. The Bertz CT molecular complexity index is 216. The van der Waals surface area contributed by atoms with Gasteiger partial charge in [0.1, 0.15) is 0 Å². The average molecular weight is 141 g/mol. The fourth-order valence-electron chi connectivity index (χ4n) is 1.13. The summed E-state index contributed by atoms with van der Waals surface area (Å²) in [7, 11) is 3.67. The number of carbonyl (C=O) groups is 1. The molecule has 10 heavy (non-hydrogen) atoms. The minimum Gasteiger partial charge on any atom is -0.233 e. The quantitative estimate of drug-likeness (QED) is 0.495. The zero-order chi connectivity index (χ0) is 7.94. The number of amides is 1. The van der Waals surface area contributed by atoms with E-state index in [-0.39, 0.29) is 10.5 Å². The van der Waals surface area contributed by atoms with E-state index in [1.54, 1.807) is 0 Å². The maximum Gasteiger partial charge on any atom is 0.367 e. The van der Waals surface area contributed by atoms with Gasteiger partial charge in [0, 0.05) is 0 Å². The highest BCUT2D eigenvalue weighted by Crippen LogP contribution is 2.16. The Morgan fingerprint density at radius 1 is 1.30 bits per heavy atom. The normalized spacial score (nSPS) is 23.4.